The van der Waals surface area contributed by atoms with E-state index < -0.39 is 0 Å². The second-order valence-electron chi connectivity index (χ2n) is 3.77. The fraction of sp³-hybridized carbons (Fsp3) is 0.417. The van der Waals surface area contributed by atoms with Gasteiger partial charge in [-0.15, -0.1) is 0 Å². The lowest BCUT2D eigenvalue weighted by molar-refractivity contribution is -0.120. The minimum atomic E-state index is -0.298. The molecule has 1 aromatic carbocycles. The van der Waals surface area contributed by atoms with Crippen molar-refractivity contribution in [2.45, 2.75) is 6.04 Å². The molecule has 17 heavy (non-hydrogen) atoms. The van der Waals surface area contributed by atoms with Crippen LogP contribution < -0.4 is 15.4 Å². The van der Waals surface area contributed by atoms with Gasteiger partial charge in [0.25, 0.3) is 0 Å². The molecule has 92 valence electrons. The molecule has 0 radical (unpaired) electrons. The van der Waals surface area contributed by atoms with Gasteiger partial charge < -0.3 is 20.1 Å². The summed E-state index contributed by atoms with van der Waals surface area (Å²) in [6.07, 6.45) is 0. The SMILES string of the molecule is COc1ccccc1NC(=O)[C@@H]1COCCN1. The molecule has 5 heteroatoms. The number of carbonyl (C=O) groups is 1. The molecule has 1 atom stereocenters. The first-order valence-corrected chi connectivity index (χ1v) is 5.56. The molecule has 1 aliphatic rings. The molecule has 1 heterocycles. The van der Waals surface area contributed by atoms with E-state index in [1.807, 2.05) is 12.1 Å². The average molecular weight is 236 g/mol. The molecule has 1 fully saturated rings. The molecular weight excluding hydrogens is 220 g/mol. The molecule has 0 unspecified atom stereocenters. The molecule has 0 aliphatic carbocycles. The standard InChI is InChI=1S/C12H16N2O3/c1-16-11-5-3-2-4-9(11)14-12(15)10-8-17-7-6-13-10/h2-5,10,13H,6-8H2,1H3,(H,14,15)/t10-/m0/s1. The Hall–Kier alpha value is -1.59. The number of methoxy groups -OCH3 is 1. The fourth-order valence-electron chi connectivity index (χ4n) is 1.70. The van der Waals surface area contributed by atoms with E-state index in [0.717, 1.165) is 0 Å². The van der Waals surface area contributed by atoms with Crippen molar-refractivity contribution in [1.29, 1.82) is 0 Å². The Morgan fingerprint density at radius 3 is 3.06 bits per heavy atom. The second kappa shape index (κ2) is 5.65. The van der Waals surface area contributed by atoms with E-state index in [4.69, 9.17) is 9.47 Å². The number of para-hydroxylation sites is 2. The van der Waals surface area contributed by atoms with Crippen LogP contribution in [0.25, 0.3) is 0 Å². The van der Waals surface area contributed by atoms with Crippen molar-refractivity contribution in [3.8, 4) is 5.75 Å². The summed E-state index contributed by atoms with van der Waals surface area (Å²) in [5.74, 6) is 0.548. The number of nitrogens with one attached hydrogen (secondary N) is 2. The summed E-state index contributed by atoms with van der Waals surface area (Å²) in [7, 11) is 1.58. The van der Waals surface area contributed by atoms with E-state index in [2.05, 4.69) is 10.6 Å². The maximum atomic E-state index is 11.9. The Morgan fingerprint density at radius 2 is 2.35 bits per heavy atom. The lowest BCUT2D eigenvalue weighted by Crippen LogP contribution is -2.48. The highest BCUT2D eigenvalue weighted by molar-refractivity contribution is 5.96. The first kappa shape index (κ1) is 11.9. The van der Waals surface area contributed by atoms with Crippen molar-refractivity contribution >= 4 is 11.6 Å². The third-order valence-electron chi connectivity index (χ3n) is 2.60. The topological polar surface area (TPSA) is 59.6 Å². The van der Waals surface area contributed by atoms with Gasteiger partial charge in [-0.1, -0.05) is 12.1 Å². The molecule has 0 saturated carbocycles. The zero-order valence-electron chi connectivity index (χ0n) is 9.73. The summed E-state index contributed by atoms with van der Waals surface area (Å²) in [4.78, 5) is 11.9. The number of hydrogen-bond donors (Lipinski definition) is 2. The second-order valence-corrected chi connectivity index (χ2v) is 3.77. The summed E-state index contributed by atoms with van der Waals surface area (Å²) in [5, 5.41) is 5.92. The van der Waals surface area contributed by atoms with E-state index in [9.17, 15) is 4.79 Å². The van der Waals surface area contributed by atoms with Crippen LogP contribution in [-0.2, 0) is 9.53 Å². The Kier molecular flexibility index (Phi) is 3.95. The molecule has 5 nitrogen and oxygen atoms in total. The van der Waals surface area contributed by atoms with Gasteiger partial charge >= 0.3 is 0 Å². The maximum absolute atomic E-state index is 11.9. The van der Waals surface area contributed by atoms with E-state index in [1.165, 1.54) is 0 Å². The zero-order chi connectivity index (χ0) is 12.1. The minimum Gasteiger partial charge on any atom is -0.495 e. The van der Waals surface area contributed by atoms with Crippen molar-refractivity contribution in [2.75, 3.05) is 32.2 Å². The van der Waals surface area contributed by atoms with Crippen molar-refractivity contribution in [2.24, 2.45) is 0 Å². The number of carbonyl (C=O) groups excluding carboxylic acids is 1. The summed E-state index contributed by atoms with van der Waals surface area (Å²) in [6.45, 7) is 1.75. The number of ether oxygens (including phenoxy) is 2. The monoisotopic (exact) mass is 236 g/mol. The number of benzene rings is 1. The Morgan fingerprint density at radius 1 is 1.53 bits per heavy atom. The Balaban J connectivity index is 2.01. The molecule has 2 rings (SSSR count). The zero-order valence-corrected chi connectivity index (χ0v) is 9.73. The van der Waals surface area contributed by atoms with Gasteiger partial charge in [0.05, 0.1) is 26.0 Å². The largest absolute Gasteiger partial charge is 0.495 e. The number of amides is 1. The van der Waals surface area contributed by atoms with Gasteiger partial charge in [0, 0.05) is 6.54 Å². The van der Waals surface area contributed by atoms with Crippen LogP contribution in [0.2, 0.25) is 0 Å². The van der Waals surface area contributed by atoms with Crippen molar-refractivity contribution in [3.63, 3.8) is 0 Å². The molecule has 1 amide bonds. The third kappa shape index (κ3) is 2.95. The molecule has 0 spiro atoms. The molecular formula is C12H16N2O3. The smallest absolute Gasteiger partial charge is 0.244 e. The van der Waals surface area contributed by atoms with E-state index >= 15 is 0 Å². The lowest BCUT2D eigenvalue weighted by Gasteiger charge is -2.23. The highest BCUT2D eigenvalue weighted by atomic mass is 16.5. The van der Waals surface area contributed by atoms with Gasteiger partial charge in [-0.05, 0) is 12.1 Å². The van der Waals surface area contributed by atoms with Crippen molar-refractivity contribution in [3.05, 3.63) is 24.3 Å². The summed E-state index contributed by atoms with van der Waals surface area (Å²) >= 11 is 0. The highest BCUT2D eigenvalue weighted by Gasteiger charge is 2.21. The summed E-state index contributed by atoms with van der Waals surface area (Å²) < 4.78 is 10.4. The van der Waals surface area contributed by atoms with Crippen LogP contribution in [0.1, 0.15) is 0 Å². The number of morpholine rings is 1. The number of rotatable bonds is 3. The third-order valence-corrected chi connectivity index (χ3v) is 2.60. The first-order chi connectivity index (χ1) is 8.31. The van der Waals surface area contributed by atoms with Crippen LogP contribution in [0.15, 0.2) is 24.3 Å². The first-order valence-electron chi connectivity index (χ1n) is 5.56. The van der Waals surface area contributed by atoms with E-state index in [0.29, 0.717) is 31.2 Å². The Bertz CT molecular complexity index is 389. The van der Waals surface area contributed by atoms with Crippen LogP contribution in [-0.4, -0.2) is 38.8 Å². The molecule has 1 saturated heterocycles. The van der Waals surface area contributed by atoms with Gasteiger partial charge in [0.15, 0.2) is 0 Å². The Labute approximate surface area is 100 Å². The maximum Gasteiger partial charge on any atom is 0.244 e. The number of anilines is 1. The highest BCUT2D eigenvalue weighted by Crippen LogP contribution is 2.23. The van der Waals surface area contributed by atoms with Gasteiger partial charge in [-0.2, -0.15) is 0 Å². The summed E-state index contributed by atoms with van der Waals surface area (Å²) in [6, 6.07) is 7.02. The average Bonchev–Trinajstić information content (AvgIpc) is 2.40. The van der Waals surface area contributed by atoms with E-state index in [-0.39, 0.29) is 11.9 Å². The van der Waals surface area contributed by atoms with Gasteiger partial charge in [0.1, 0.15) is 11.8 Å². The van der Waals surface area contributed by atoms with Gasteiger partial charge in [-0.3, -0.25) is 4.79 Å². The van der Waals surface area contributed by atoms with Crippen LogP contribution in [0.4, 0.5) is 5.69 Å². The van der Waals surface area contributed by atoms with Crippen LogP contribution in [0.3, 0.4) is 0 Å². The quantitative estimate of drug-likeness (QED) is 0.808. The molecule has 1 aromatic rings. The van der Waals surface area contributed by atoms with Gasteiger partial charge in [0.2, 0.25) is 5.91 Å². The van der Waals surface area contributed by atoms with E-state index in [1.54, 1.807) is 19.2 Å². The normalized spacial score (nSPS) is 19.7. The van der Waals surface area contributed by atoms with Gasteiger partial charge in [-0.25, -0.2) is 0 Å². The predicted molar refractivity (Wildman–Crippen MR) is 64.2 cm³/mol. The molecule has 2 N–H and O–H groups in total. The van der Waals surface area contributed by atoms with Crippen molar-refractivity contribution < 1.29 is 14.3 Å². The van der Waals surface area contributed by atoms with Crippen molar-refractivity contribution in [1.82, 2.24) is 5.32 Å². The predicted octanol–water partition coefficient (Wildman–Crippen LogP) is 0.622. The molecule has 0 bridgehead atoms. The fourth-order valence-corrected chi connectivity index (χ4v) is 1.70. The van der Waals surface area contributed by atoms with Crippen LogP contribution in [0.5, 0.6) is 5.75 Å². The summed E-state index contributed by atoms with van der Waals surface area (Å²) in [5.41, 5.74) is 0.673. The molecule has 1 aliphatic heterocycles. The number of hydrogen-bond acceptors (Lipinski definition) is 4. The van der Waals surface area contributed by atoms with Crippen LogP contribution in [0, 0.1) is 0 Å². The lowest BCUT2D eigenvalue weighted by atomic mass is 10.2. The minimum absolute atomic E-state index is 0.103. The van der Waals surface area contributed by atoms with Crippen LogP contribution >= 0.6 is 0 Å². The molecule has 0 aromatic heterocycles.